The minimum atomic E-state index is 0.282. The second kappa shape index (κ2) is 4.59. The van der Waals surface area contributed by atoms with E-state index in [2.05, 4.69) is 14.7 Å². The molecule has 2 aromatic rings. The van der Waals surface area contributed by atoms with Crippen LogP contribution in [0.5, 0.6) is 0 Å². The predicted octanol–water partition coefficient (Wildman–Crippen LogP) is 1.60. The van der Waals surface area contributed by atoms with Gasteiger partial charge in [0, 0.05) is 18.9 Å². The number of nitriles is 1. The monoisotopic (exact) mass is 231 g/mol. The summed E-state index contributed by atoms with van der Waals surface area (Å²) in [5, 5.41) is 12.7. The summed E-state index contributed by atoms with van der Waals surface area (Å²) in [6.45, 7) is 0.624. The molecule has 16 heavy (non-hydrogen) atoms. The summed E-state index contributed by atoms with van der Waals surface area (Å²) >= 11 is 1.20. The fourth-order valence-electron chi connectivity index (χ4n) is 1.21. The first-order valence-electron chi connectivity index (χ1n) is 4.59. The highest BCUT2D eigenvalue weighted by atomic mass is 32.1. The third kappa shape index (κ3) is 2.10. The maximum atomic E-state index is 8.87. The van der Waals surface area contributed by atoms with E-state index in [1.54, 1.807) is 12.4 Å². The summed E-state index contributed by atoms with van der Waals surface area (Å²) in [5.74, 6) is 0.282. The molecule has 0 aromatic carbocycles. The average Bonchev–Trinajstić information content (AvgIpc) is 2.68. The number of aromatic nitrogens is 2. The van der Waals surface area contributed by atoms with Crippen LogP contribution in [0.2, 0.25) is 0 Å². The molecule has 6 heteroatoms. The van der Waals surface area contributed by atoms with Crippen LogP contribution in [0, 0.1) is 11.3 Å². The number of nitrogen functional groups attached to an aromatic ring is 1. The van der Waals surface area contributed by atoms with Gasteiger partial charge in [-0.25, -0.2) is 0 Å². The smallest absolute Gasteiger partial charge is 0.157 e. The lowest BCUT2D eigenvalue weighted by Crippen LogP contribution is -1.99. The molecule has 0 aliphatic carbocycles. The summed E-state index contributed by atoms with van der Waals surface area (Å²) in [5.41, 5.74) is 7.05. The van der Waals surface area contributed by atoms with Crippen molar-refractivity contribution < 1.29 is 0 Å². The van der Waals surface area contributed by atoms with Gasteiger partial charge in [-0.2, -0.15) is 9.64 Å². The van der Waals surface area contributed by atoms with Gasteiger partial charge in [0.25, 0.3) is 0 Å². The minimum Gasteiger partial charge on any atom is -0.382 e. The lowest BCUT2D eigenvalue weighted by Gasteiger charge is -2.02. The number of nitrogens with one attached hydrogen (secondary N) is 1. The van der Waals surface area contributed by atoms with Gasteiger partial charge in [-0.05, 0) is 29.2 Å². The van der Waals surface area contributed by atoms with E-state index in [9.17, 15) is 0 Å². The molecule has 0 atom stereocenters. The van der Waals surface area contributed by atoms with Gasteiger partial charge in [0.05, 0.1) is 0 Å². The SMILES string of the molecule is N#Cc1c(N)nsc1NCc1ccncc1. The Balaban J connectivity index is 2.09. The lowest BCUT2D eigenvalue weighted by molar-refractivity contribution is 1.13. The molecule has 2 rings (SSSR count). The summed E-state index contributed by atoms with van der Waals surface area (Å²) in [6.07, 6.45) is 3.45. The zero-order valence-corrected chi connectivity index (χ0v) is 9.16. The highest BCUT2D eigenvalue weighted by Crippen LogP contribution is 2.25. The number of pyridine rings is 1. The number of anilines is 2. The van der Waals surface area contributed by atoms with Crippen molar-refractivity contribution in [2.75, 3.05) is 11.1 Å². The zero-order valence-electron chi connectivity index (χ0n) is 8.34. The van der Waals surface area contributed by atoms with E-state index in [1.807, 2.05) is 18.2 Å². The van der Waals surface area contributed by atoms with E-state index in [-0.39, 0.29) is 5.82 Å². The Hall–Kier alpha value is -2.13. The van der Waals surface area contributed by atoms with Gasteiger partial charge in [0.1, 0.15) is 16.6 Å². The first kappa shape index (κ1) is 10.4. The van der Waals surface area contributed by atoms with Crippen LogP contribution < -0.4 is 11.1 Å². The topological polar surface area (TPSA) is 87.6 Å². The van der Waals surface area contributed by atoms with E-state index < -0.39 is 0 Å². The van der Waals surface area contributed by atoms with Crippen molar-refractivity contribution in [1.82, 2.24) is 9.36 Å². The molecule has 80 valence electrons. The van der Waals surface area contributed by atoms with E-state index in [0.717, 1.165) is 5.56 Å². The summed E-state index contributed by atoms with van der Waals surface area (Å²) in [6, 6.07) is 5.84. The van der Waals surface area contributed by atoms with E-state index in [4.69, 9.17) is 11.0 Å². The third-order valence-electron chi connectivity index (χ3n) is 2.03. The number of hydrogen-bond donors (Lipinski definition) is 2. The second-order valence-electron chi connectivity index (χ2n) is 3.09. The van der Waals surface area contributed by atoms with Crippen LogP contribution in [0.25, 0.3) is 0 Å². The molecule has 0 saturated carbocycles. The van der Waals surface area contributed by atoms with Crippen molar-refractivity contribution in [2.45, 2.75) is 6.54 Å². The Kier molecular flexibility index (Phi) is 2.98. The maximum Gasteiger partial charge on any atom is 0.157 e. The molecule has 0 aliphatic heterocycles. The molecule has 0 aliphatic rings. The zero-order chi connectivity index (χ0) is 11.4. The van der Waals surface area contributed by atoms with Crippen molar-refractivity contribution in [2.24, 2.45) is 0 Å². The molecule has 3 N–H and O–H groups in total. The van der Waals surface area contributed by atoms with Crippen LogP contribution in [0.15, 0.2) is 24.5 Å². The first-order chi connectivity index (χ1) is 7.81. The van der Waals surface area contributed by atoms with Gasteiger partial charge in [0.15, 0.2) is 5.82 Å². The molecule has 5 nitrogen and oxygen atoms in total. The molecular formula is C10H9N5S. The Morgan fingerprint density at radius 3 is 2.88 bits per heavy atom. The molecule has 0 spiro atoms. The van der Waals surface area contributed by atoms with Crippen LogP contribution in [-0.4, -0.2) is 9.36 Å². The van der Waals surface area contributed by atoms with Crippen LogP contribution in [-0.2, 0) is 6.54 Å². The number of hydrogen-bond acceptors (Lipinski definition) is 6. The fourth-order valence-corrected chi connectivity index (χ4v) is 1.87. The number of nitrogens with zero attached hydrogens (tertiary/aromatic N) is 3. The quantitative estimate of drug-likeness (QED) is 0.837. The summed E-state index contributed by atoms with van der Waals surface area (Å²) < 4.78 is 3.92. The Labute approximate surface area is 96.7 Å². The van der Waals surface area contributed by atoms with E-state index in [1.165, 1.54) is 11.5 Å². The van der Waals surface area contributed by atoms with E-state index >= 15 is 0 Å². The Morgan fingerprint density at radius 1 is 1.44 bits per heavy atom. The predicted molar refractivity (Wildman–Crippen MR) is 62.8 cm³/mol. The first-order valence-corrected chi connectivity index (χ1v) is 5.36. The largest absolute Gasteiger partial charge is 0.382 e. The van der Waals surface area contributed by atoms with Gasteiger partial charge in [-0.15, -0.1) is 0 Å². The molecule has 2 heterocycles. The van der Waals surface area contributed by atoms with Gasteiger partial charge in [-0.3, -0.25) is 4.98 Å². The van der Waals surface area contributed by atoms with Crippen LogP contribution in [0.1, 0.15) is 11.1 Å². The van der Waals surface area contributed by atoms with Gasteiger partial charge in [-0.1, -0.05) is 0 Å². The molecule has 2 aromatic heterocycles. The van der Waals surface area contributed by atoms with Crippen molar-refractivity contribution in [3.63, 3.8) is 0 Å². The summed E-state index contributed by atoms with van der Waals surface area (Å²) in [7, 11) is 0. The highest BCUT2D eigenvalue weighted by Gasteiger charge is 2.09. The highest BCUT2D eigenvalue weighted by molar-refractivity contribution is 7.10. The normalized spacial score (nSPS) is 9.69. The van der Waals surface area contributed by atoms with Gasteiger partial charge >= 0.3 is 0 Å². The van der Waals surface area contributed by atoms with Crippen molar-refractivity contribution in [1.29, 1.82) is 5.26 Å². The molecule has 0 fully saturated rings. The Bertz CT molecular complexity index is 514. The minimum absolute atomic E-state index is 0.282. The van der Waals surface area contributed by atoms with Crippen molar-refractivity contribution >= 4 is 22.4 Å². The standard InChI is InChI=1S/C10H9N5S/c11-5-8-9(12)15-16-10(8)14-6-7-1-3-13-4-2-7/h1-4,14H,6H2,(H2,12,15). The third-order valence-corrected chi connectivity index (χ3v) is 2.85. The molecule has 0 saturated heterocycles. The lowest BCUT2D eigenvalue weighted by atomic mass is 10.2. The molecule has 0 unspecified atom stereocenters. The molecule has 0 amide bonds. The van der Waals surface area contributed by atoms with Gasteiger partial charge in [0.2, 0.25) is 0 Å². The molecule has 0 bridgehead atoms. The van der Waals surface area contributed by atoms with Crippen LogP contribution >= 0.6 is 11.5 Å². The summed E-state index contributed by atoms with van der Waals surface area (Å²) in [4.78, 5) is 3.93. The van der Waals surface area contributed by atoms with Gasteiger partial charge < -0.3 is 11.1 Å². The fraction of sp³-hybridized carbons (Fsp3) is 0.100. The maximum absolute atomic E-state index is 8.87. The van der Waals surface area contributed by atoms with Crippen molar-refractivity contribution in [3.8, 4) is 6.07 Å². The van der Waals surface area contributed by atoms with E-state index in [0.29, 0.717) is 17.1 Å². The molecular weight excluding hydrogens is 222 g/mol. The van der Waals surface area contributed by atoms with Crippen LogP contribution in [0.4, 0.5) is 10.8 Å². The number of nitrogens with two attached hydrogens (primary N) is 1. The Morgan fingerprint density at radius 2 is 2.19 bits per heavy atom. The molecule has 0 radical (unpaired) electrons. The second-order valence-corrected chi connectivity index (χ2v) is 3.87. The van der Waals surface area contributed by atoms with Crippen molar-refractivity contribution in [3.05, 3.63) is 35.7 Å². The van der Waals surface area contributed by atoms with Crippen LogP contribution in [0.3, 0.4) is 0 Å². The number of rotatable bonds is 3. The average molecular weight is 231 g/mol.